The number of nitrogens with two attached hydrogens (primary N) is 1. The molecule has 5 unspecified atom stereocenters. The number of fused-ring (bicyclic) bond motifs is 1. The van der Waals surface area contributed by atoms with Gasteiger partial charge in [-0.1, -0.05) is 38.5 Å². The van der Waals surface area contributed by atoms with Crippen molar-refractivity contribution in [3.63, 3.8) is 0 Å². The summed E-state index contributed by atoms with van der Waals surface area (Å²) in [5.41, 5.74) is 8.54. The number of hydrogen-bond acceptors (Lipinski definition) is 6. The molecule has 5 atom stereocenters. The molecule has 2 aromatic heterocycles. The van der Waals surface area contributed by atoms with E-state index in [0.717, 1.165) is 16.5 Å². The quantitative estimate of drug-likeness (QED) is 0.194. The minimum Gasteiger partial charge on any atom is -0.480 e. The number of carbonyl (C=O) groups excluding carboxylic acids is 3. The molecule has 12 heteroatoms. The lowest BCUT2D eigenvalue weighted by molar-refractivity contribution is -0.150. The summed E-state index contributed by atoms with van der Waals surface area (Å²) in [6.45, 7) is 4.05. The second-order valence-corrected chi connectivity index (χ2v) is 10.4. The summed E-state index contributed by atoms with van der Waals surface area (Å²) in [6.07, 6.45) is 6.75. The van der Waals surface area contributed by atoms with Gasteiger partial charge >= 0.3 is 5.97 Å². The minimum atomic E-state index is -1.06. The first kappa shape index (κ1) is 28.8. The summed E-state index contributed by atoms with van der Waals surface area (Å²) >= 11 is 0. The number of imidazole rings is 1. The molecule has 1 aliphatic heterocycles. The van der Waals surface area contributed by atoms with Gasteiger partial charge in [-0.3, -0.25) is 14.4 Å². The fraction of sp³-hybridized carbons (Fsp3) is 0.464. The maximum atomic E-state index is 13.8. The molecule has 1 aromatic carbocycles. The SMILES string of the molecule is CCC(C)C(NC(=O)C(Cc1c[nH]c2ccccc12)NC(=O)C(N)Cc1cnc[nH]1)C(=O)N1CCCC1C(=O)O. The molecule has 0 aliphatic carbocycles. The molecule has 40 heavy (non-hydrogen) atoms. The lowest BCUT2D eigenvalue weighted by Gasteiger charge is -2.31. The van der Waals surface area contributed by atoms with Crippen LogP contribution in [0, 0.1) is 5.92 Å². The number of hydrogen-bond donors (Lipinski definition) is 6. The van der Waals surface area contributed by atoms with Crippen molar-refractivity contribution < 1.29 is 24.3 Å². The van der Waals surface area contributed by atoms with E-state index in [9.17, 15) is 24.3 Å². The summed E-state index contributed by atoms with van der Waals surface area (Å²) in [6, 6.07) is 3.79. The number of carboxylic acid groups (broad SMARTS) is 1. The molecule has 1 saturated heterocycles. The number of H-pyrrole nitrogens is 2. The van der Waals surface area contributed by atoms with E-state index < -0.39 is 47.9 Å². The minimum absolute atomic E-state index is 0.154. The number of amides is 3. The largest absolute Gasteiger partial charge is 0.480 e. The van der Waals surface area contributed by atoms with Gasteiger partial charge < -0.3 is 36.3 Å². The van der Waals surface area contributed by atoms with Crippen LogP contribution in [0.25, 0.3) is 10.9 Å². The molecule has 3 heterocycles. The lowest BCUT2D eigenvalue weighted by atomic mass is 9.96. The number of carboxylic acids is 1. The zero-order valence-corrected chi connectivity index (χ0v) is 22.7. The number of para-hydroxylation sites is 1. The maximum Gasteiger partial charge on any atom is 0.326 e. The smallest absolute Gasteiger partial charge is 0.326 e. The van der Waals surface area contributed by atoms with E-state index >= 15 is 0 Å². The Hall–Kier alpha value is -4.19. The number of benzene rings is 1. The van der Waals surface area contributed by atoms with Crippen LogP contribution >= 0.6 is 0 Å². The number of aromatic amines is 2. The Labute approximate surface area is 232 Å². The second kappa shape index (κ2) is 12.8. The Morgan fingerprint density at radius 2 is 1.93 bits per heavy atom. The molecule has 3 amide bonds. The summed E-state index contributed by atoms with van der Waals surface area (Å²) < 4.78 is 0. The van der Waals surface area contributed by atoms with Crippen LogP contribution in [0.15, 0.2) is 43.0 Å². The number of aromatic nitrogens is 3. The fourth-order valence-corrected chi connectivity index (χ4v) is 5.14. The summed E-state index contributed by atoms with van der Waals surface area (Å²) in [5, 5.41) is 16.1. The van der Waals surface area contributed by atoms with E-state index in [1.165, 1.54) is 11.2 Å². The Kier molecular flexibility index (Phi) is 9.20. The molecule has 3 aromatic rings. The highest BCUT2D eigenvalue weighted by atomic mass is 16.4. The molecular formula is C28H37N7O5. The third kappa shape index (κ3) is 6.50. The fourth-order valence-electron chi connectivity index (χ4n) is 5.14. The normalized spacial score (nSPS) is 18.2. The predicted molar refractivity (Wildman–Crippen MR) is 148 cm³/mol. The summed E-state index contributed by atoms with van der Waals surface area (Å²) in [5.74, 6) is -2.82. The highest BCUT2D eigenvalue weighted by Gasteiger charge is 2.40. The molecule has 1 aliphatic rings. The predicted octanol–water partition coefficient (Wildman–Crippen LogP) is 1.09. The average Bonchev–Trinajstić information content (AvgIpc) is 3.72. The first-order valence-electron chi connectivity index (χ1n) is 13.6. The molecule has 4 rings (SSSR count). The Bertz CT molecular complexity index is 1340. The number of nitrogens with one attached hydrogen (secondary N) is 4. The third-order valence-corrected chi connectivity index (χ3v) is 7.66. The van der Waals surface area contributed by atoms with Gasteiger partial charge in [-0.2, -0.15) is 0 Å². The highest BCUT2D eigenvalue weighted by molar-refractivity contribution is 5.95. The molecular weight excluding hydrogens is 514 g/mol. The van der Waals surface area contributed by atoms with Gasteiger partial charge in [0.25, 0.3) is 0 Å². The maximum absolute atomic E-state index is 13.8. The third-order valence-electron chi connectivity index (χ3n) is 7.66. The van der Waals surface area contributed by atoms with Gasteiger partial charge in [-0.15, -0.1) is 0 Å². The summed E-state index contributed by atoms with van der Waals surface area (Å²) in [7, 11) is 0. The van der Waals surface area contributed by atoms with Crippen LogP contribution in [0.3, 0.4) is 0 Å². The van der Waals surface area contributed by atoms with Gasteiger partial charge in [0.1, 0.15) is 18.1 Å². The molecule has 0 saturated carbocycles. The van der Waals surface area contributed by atoms with Gasteiger partial charge in [0.2, 0.25) is 17.7 Å². The molecule has 0 radical (unpaired) electrons. The zero-order valence-electron chi connectivity index (χ0n) is 22.7. The molecule has 7 N–H and O–H groups in total. The molecule has 214 valence electrons. The van der Waals surface area contributed by atoms with Crippen LogP contribution < -0.4 is 16.4 Å². The first-order chi connectivity index (χ1) is 19.2. The van der Waals surface area contributed by atoms with Crippen molar-refractivity contribution in [2.75, 3.05) is 6.54 Å². The Balaban J connectivity index is 1.57. The van der Waals surface area contributed by atoms with Gasteiger partial charge in [-0.05, 0) is 30.4 Å². The molecule has 1 fully saturated rings. The second-order valence-electron chi connectivity index (χ2n) is 10.4. The first-order valence-corrected chi connectivity index (χ1v) is 13.6. The number of carbonyl (C=O) groups is 4. The monoisotopic (exact) mass is 551 g/mol. The Morgan fingerprint density at radius 1 is 1.15 bits per heavy atom. The van der Waals surface area contributed by atoms with E-state index in [0.29, 0.717) is 31.5 Å². The lowest BCUT2D eigenvalue weighted by Crippen LogP contribution is -2.59. The van der Waals surface area contributed by atoms with Crippen molar-refractivity contribution in [1.29, 1.82) is 0 Å². The number of rotatable bonds is 12. The van der Waals surface area contributed by atoms with E-state index in [2.05, 4.69) is 25.6 Å². The van der Waals surface area contributed by atoms with Gasteiger partial charge in [0, 0.05) is 48.4 Å². The number of likely N-dealkylation sites (tertiary alicyclic amines) is 1. The number of nitrogens with zero attached hydrogens (tertiary/aromatic N) is 2. The molecule has 0 bridgehead atoms. The van der Waals surface area contributed by atoms with Crippen molar-refractivity contribution in [3.8, 4) is 0 Å². The highest BCUT2D eigenvalue weighted by Crippen LogP contribution is 2.22. The molecule has 0 spiro atoms. The van der Waals surface area contributed by atoms with Crippen LogP contribution in [-0.4, -0.2) is 79.4 Å². The van der Waals surface area contributed by atoms with Crippen LogP contribution in [0.2, 0.25) is 0 Å². The number of aliphatic carboxylic acids is 1. The van der Waals surface area contributed by atoms with Crippen molar-refractivity contribution in [2.24, 2.45) is 11.7 Å². The topological polar surface area (TPSA) is 186 Å². The van der Waals surface area contributed by atoms with Gasteiger partial charge in [0.05, 0.1) is 12.4 Å². The van der Waals surface area contributed by atoms with Crippen molar-refractivity contribution in [2.45, 2.75) is 70.1 Å². The van der Waals surface area contributed by atoms with Gasteiger partial charge in [-0.25, -0.2) is 9.78 Å². The van der Waals surface area contributed by atoms with Crippen molar-refractivity contribution in [1.82, 2.24) is 30.5 Å². The van der Waals surface area contributed by atoms with E-state index in [-0.39, 0.29) is 18.8 Å². The van der Waals surface area contributed by atoms with E-state index in [4.69, 9.17) is 5.73 Å². The standard InChI is InChI=1S/C28H37N7O5/c1-3-16(2)24(27(38)35-10-6-9-23(35)28(39)40)34-26(37)22(11-17-13-31-21-8-5-4-7-19(17)21)33-25(36)20(29)12-18-14-30-15-32-18/h4-5,7-8,13-16,20,22-24,31H,3,6,9-12,29H2,1-2H3,(H,30,32)(H,33,36)(H,34,37)(H,39,40). The van der Waals surface area contributed by atoms with Crippen molar-refractivity contribution in [3.05, 3.63) is 54.2 Å². The van der Waals surface area contributed by atoms with Crippen LogP contribution in [0.1, 0.15) is 44.4 Å². The zero-order chi connectivity index (χ0) is 28.8. The summed E-state index contributed by atoms with van der Waals surface area (Å²) in [4.78, 5) is 63.5. The Morgan fingerprint density at radius 3 is 2.62 bits per heavy atom. The van der Waals surface area contributed by atoms with E-state index in [1.54, 1.807) is 12.4 Å². The van der Waals surface area contributed by atoms with E-state index in [1.807, 2.05) is 38.1 Å². The van der Waals surface area contributed by atoms with Crippen LogP contribution in [-0.2, 0) is 32.0 Å². The average molecular weight is 552 g/mol. The van der Waals surface area contributed by atoms with Crippen molar-refractivity contribution >= 4 is 34.6 Å². The molecule has 12 nitrogen and oxygen atoms in total. The van der Waals surface area contributed by atoms with Gasteiger partial charge in [0.15, 0.2) is 0 Å². The van der Waals surface area contributed by atoms with Crippen LogP contribution in [0.4, 0.5) is 0 Å². The van der Waals surface area contributed by atoms with Crippen LogP contribution in [0.5, 0.6) is 0 Å².